The summed E-state index contributed by atoms with van der Waals surface area (Å²) in [5.41, 5.74) is 2.32. The van der Waals surface area contributed by atoms with E-state index in [-0.39, 0.29) is 5.91 Å². The maximum Gasteiger partial charge on any atom is 0.244 e. The van der Waals surface area contributed by atoms with Crippen molar-refractivity contribution in [3.05, 3.63) is 35.9 Å². The molecule has 0 radical (unpaired) electrons. The number of carbonyl (C=O) groups excluding carboxylic acids is 1. The van der Waals surface area contributed by atoms with Crippen LogP contribution in [-0.4, -0.2) is 61.4 Å². The van der Waals surface area contributed by atoms with Crippen LogP contribution in [0.2, 0.25) is 0 Å². The Bertz CT molecular complexity index is 676. The standard InChI is InChI=1S/C17H26N6O/c1-3-22-13-16(10-19-22)12-20-5-4-6-21(8-7-20)17(24)14-23-11-15(2)9-18-23/h9-11,13H,3-8,12,14H2,1-2H3. The SMILES string of the molecule is CCn1cc(CN2CCCN(C(=O)Cn3cc(C)cn3)CC2)cn1. The molecule has 3 heterocycles. The lowest BCUT2D eigenvalue weighted by molar-refractivity contribution is -0.131. The van der Waals surface area contributed by atoms with E-state index in [2.05, 4.69) is 28.2 Å². The molecule has 0 N–H and O–H groups in total. The first-order valence-electron chi connectivity index (χ1n) is 8.64. The summed E-state index contributed by atoms with van der Waals surface area (Å²) >= 11 is 0. The van der Waals surface area contributed by atoms with E-state index < -0.39 is 0 Å². The van der Waals surface area contributed by atoms with E-state index in [0.717, 1.165) is 51.3 Å². The van der Waals surface area contributed by atoms with E-state index in [4.69, 9.17) is 0 Å². The third kappa shape index (κ3) is 4.23. The molecule has 0 atom stereocenters. The van der Waals surface area contributed by atoms with E-state index in [1.807, 2.05) is 28.9 Å². The van der Waals surface area contributed by atoms with Gasteiger partial charge in [-0.3, -0.25) is 19.1 Å². The third-order valence-electron chi connectivity index (χ3n) is 4.42. The molecule has 1 aliphatic rings. The number of hydrogen-bond acceptors (Lipinski definition) is 4. The second-order valence-corrected chi connectivity index (χ2v) is 6.43. The van der Waals surface area contributed by atoms with Crippen LogP contribution in [0.5, 0.6) is 0 Å². The molecular weight excluding hydrogens is 304 g/mol. The third-order valence-corrected chi connectivity index (χ3v) is 4.42. The summed E-state index contributed by atoms with van der Waals surface area (Å²) in [6.07, 6.45) is 8.75. The molecule has 0 bridgehead atoms. The van der Waals surface area contributed by atoms with Crippen molar-refractivity contribution in [1.82, 2.24) is 29.4 Å². The second kappa shape index (κ2) is 7.61. The molecule has 0 aromatic carbocycles. The van der Waals surface area contributed by atoms with Crippen LogP contribution < -0.4 is 0 Å². The number of aryl methyl sites for hydroxylation is 2. The number of rotatable bonds is 5. The van der Waals surface area contributed by atoms with Gasteiger partial charge in [-0.15, -0.1) is 0 Å². The summed E-state index contributed by atoms with van der Waals surface area (Å²) in [6, 6.07) is 0. The average Bonchev–Trinajstić information content (AvgIpc) is 3.11. The van der Waals surface area contributed by atoms with Crippen LogP contribution in [0.3, 0.4) is 0 Å². The zero-order chi connectivity index (χ0) is 16.9. The monoisotopic (exact) mass is 330 g/mol. The highest BCUT2D eigenvalue weighted by molar-refractivity contribution is 5.75. The summed E-state index contributed by atoms with van der Waals surface area (Å²) in [5, 5.41) is 8.54. The Balaban J connectivity index is 1.51. The van der Waals surface area contributed by atoms with Gasteiger partial charge < -0.3 is 4.90 Å². The minimum Gasteiger partial charge on any atom is -0.340 e. The molecule has 0 unspecified atom stereocenters. The van der Waals surface area contributed by atoms with Crippen LogP contribution in [0, 0.1) is 6.92 Å². The van der Waals surface area contributed by atoms with E-state index >= 15 is 0 Å². The van der Waals surface area contributed by atoms with E-state index in [0.29, 0.717) is 6.54 Å². The molecule has 2 aromatic rings. The van der Waals surface area contributed by atoms with Gasteiger partial charge in [0.05, 0.1) is 12.4 Å². The maximum absolute atomic E-state index is 12.5. The van der Waals surface area contributed by atoms with Crippen molar-refractivity contribution in [3.8, 4) is 0 Å². The Labute approximate surface area is 142 Å². The van der Waals surface area contributed by atoms with Crippen LogP contribution in [0.4, 0.5) is 0 Å². The molecule has 130 valence electrons. The molecular formula is C17H26N6O. The van der Waals surface area contributed by atoms with Gasteiger partial charge in [0.15, 0.2) is 0 Å². The molecule has 3 rings (SSSR count). The molecule has 1 fully saturated rings. The fraction of sp³-hybridized carbons (Fsp3) is 0.588. The molecule has 24 heavy (non-hydrogen) atoms. The first-order valence-corrected chi connectivity index (χ1v) is 8.64. The summed E-state index contributed by atoms with van der Waals surface area (Å²) < 4.78 is 3.68. The van der Waals surface area contributed by atoms with Crippen molar-refractivity contribution in [1.29, 1.82) is 0 Å². The lowest BCUT2D eigenvalue weighted by atomic mass is 10.3. The van der Waals surface area contributed by atoms with Crippen LogP contribution in [0.1, 0.15) is 24.5 Å². The Hall–Kier alpha value is -2.15. The Morgan fingerprint density at radius 2 is 1.92 bits per heavy atom. The minimum atomic E-state index is 0.152. The predicted molar refractivity (Wildman–Crippen MR) is 91.3 cm³/mol. The van der Waals surface area contributed by atoms with Crippen molar-refractivity contribution in [2.75, 3.05) is 26.2 Å². The Morgan fingerprint density at radius 1 is 1.08 bits per heavy atom. The molecule has 7 nitrogen and oxygen atoms in total. The van der Waals surface area contributed by atoms with Gasteiger partial charge in [-0.1, -0.05) is 0 Å². The number of hydrogen-bond donors (Lipinski definition) is 0. The van der Waals surface area contributed by atoms with Crippen molar-refractivity contribution in [2.45, 2.75) is 39.9 Å². The van der Waals surface area contributed by atoms with E-state index in [1.54, 1.807) is 10.9 Å². The van der Waals surface area contributed by atoms with Crippen LogP contribution in [0.25, 0.3) is 0 Å². The largest absolute Gasteiger partial charge is 0.340 e. The molecule has 0 saturated carbocycles. The van der Waals surface area contributed by atoms with E-state index in [9.17, 15) is 4.79 Å². The second-order valence-electron chi connectivity index (χ2n) is 6.43. The quantitative estimate of drug-likeness (QED) is 0.825. The summed E-state index contributed by atoms with van der Waals surface area (Å²) in [7, 11) is 0. The normalized spacial score (nSPS) is 16.3. The van der Waals surface area contributed by atoms with Gasteiger partial charge in [0.25, 0.3) is 0 Å². The number of nitrogens with zero attached hydrogens (tertiary/aromatic N) is 6. The van der Waals surface area contributed by atoms with Crippen molar-refractivity contribution in [2.24, 2.45) is 0 Å². The highest BCUT2D eigenvalue weighted by Gasteiger charge is 2.19. The highest BCUT2D eigenvalue weighted by Crippen LogP contribution is 2.09. The molecule has 1 aliphatic heterocycles. The molecule has 1 saturated heterocycles. The highest BCUT2D eigenvalue weighted by atomic mass is 16.2. The van der Waals surface area contributed by atoms with Crippen LogP contribution in [0.15, 0.2) is 24.8 Å². The molecule has 7 heteroatoms. The minimum absolute atomic E-state index is 0.152. The van der Waals surface area contributed by atoms with Gasteiger partial charge in [-0.05, 0) is 25.8 Å². The van der Waals surface area contributed by atoms with Gasteiger partial charge in [-0.2, -0.15) is 10.2 Å². The lowest BCUT2D eigenvalue weighted by Crippen LogP contribution is -2.37. The fourth-order valence-corrected chi connectivity index (χ4v) is 3.09. The van der Waals surface area contributed by atoms with Gasteiger partial charge in [0.1, 0.15) is 6.54 Å². The first kappa shape index (κ1) is 16.7. The van der Waals surface area contributed by atoms with Crippen LogP contribution in [-0.2, 0) is 24.4 Å². The molecule has 0 spiro atoms. The van der Waals surface area contributed by atoms with Gasteiger partial charge >= 0.3 is 0 Å². The zero-order valence-corrected chi connectivity index (χ0v) is 14.6. The predicted octanol–water partition coefficient (Wildman–Crippen LogP) is 1.14. The van der Waals surface area contributed by atoms with Crippen molar-refractivity contribution < 1.29 is 4.79 Å². The van der Waals surface area contributed by atoms with Crippen molar-refractivity contribution >= 4 is 5.91 Å². The number of carbonyl (C=O) groups is 1. The fourth-order valence-electron chi connectivity index (χ4n) is 3.09. The molecule has 1 amide bonds. The zero-order valence-electron chi connectivity index (χ0n) is 14.6. The lowest BCUT2D eigenvalue weighted by Gasteiger charge is -2.21. The maximum atomic E-state index is 12.5. The van der Waals surface area contributed by atoms with Crippen LogP contribution >= 0.6 is 0 Å². The smallest absolute Gasteiger partial charge is 0.244 e. The first-order chi connectivity index (χ1) is 11.6. The summed E-state index contributed by atoms with van der Waals surface area (Å²) in [6.45, 7) is 9.73. The Morgan fingerprint density at radius 3 is 2.62 bits per heavy atom. The van der Waals surface area contributed by atoms with Gasteiger partial charge in [0, 0.05) is 57.2 Å². The summed E-state index contributed by atoms with van der Waals surface area (Å²) in [4.78, 5) is 16.8. The van der Waals surface area contributed by atoms with Gasteiger partial charge in [0.2, 0.25) is 5.91 Å². The number of aromatic nitrogens is 4. The summed E-state index contributed by atoms with van der Waals surface area (Å²) in [5.74, 6) is 0.152. The Kier molecular flexibility index (Phi) is 5.30. The van der Waals surface area contributed by atoms with Gasteiger partial charge in [-0.25, -0.2) is 0 Å². The average molecular weight is 330 g/mol. The topological polar surface area (TPSA) is 59.2 Å². The van der Waals surface area contributed by atoms with E-state index in [1.165, 1.54) is 5.56 Å². The molecule has 2 aromatic heterocycles. The van der Waals surface area contributed by atoms with Crippen molar-refractivity contribution in [3.63, 3.8) is 0 Å². The number of amides is 1. The molecule has 0 aliphatic carbocycles.